The van der Waals surface area contributed by atoms with Crippen molar-refractivity contribution in [2.45, 2.75) is 12.3 Å². The number of benzene rings is 2. The molecule has 0 aromatic heterocycles. The van der Waals surface area contributed by atoms with Crippen molar-refractivity contribution in [3.8, 4) is 11.5 Å². The first kappa shape index (κ1) is 18.1. The monoisotopic (exact) mass is 298 g/mol. The standard InChI is InChI=1S/C16H19O3P.Li/c1-18-15-9-5-3-7-13(15)11-20(17)12-14-8-4-6-10-16(14)19-2;/h3-10,17H,11-12H2,1-2H3;/q;+1/p+1. The molecule has 2 rings (SSSR count). The van der Waals surface area contributed by atoms with Crippen LogP contribution in [0.15, 0.2) is 48.5 Å². The van der Waals surface area contributed by atoms with Crippen LogP contribution in [0.2, 0.25) is 0 Å². The third-order valence-electron chi connectivity index (χ3n) is 3.17. The van der Waals surface area contributed by atoms with Gasteiger partial charge in [0.1, 0.15) is 32.0 Å². The molecule has 0 bridgehead atoms. The molecule has 2 aromatic rings. The Balaban J connectivity index is 0.00000220. The normalized spacial score (nSPS) is 10.1. The summed E-state index contributed by atoms with van der Waals surface area (Å²) in [6.45, 7) is 0. The smallest absolute Gasteiger partial charge is 0.496 e. The zero-order valence-electron chi connectivity index (χ0n) is 12.8. The zero-order valence-corrected chi connectivity index (χ0v) is 13.8. The third-order valence-corrected chi connectivity index (χ3v) is 4.75. The molecule has 0 atom stereocenters. The summed E-state index contributed by atoms with van der Waals surface area (Å²) in [5.41, 5.74) is 2.11. The molecule has 0 saturated carbocycles. The van der Waals surface area contributed by atoms with E-state index in [1.165, 1.54) is 0 Å². The van der Waals surface area contributed by atoms with Crippen LogP contribution in [0.3, 0.4) is 0 Å². The maximum atomic E-state index is 10.4. The van der Waals surface area contributed by atoms with Crippen molar-refractivity contribution in [1.29, 1.82) is 0 Å². The molecule has 0 heterocycles. The number of hydrogen-bond acceptors (Lipinski definition) is 3. The van der Waals surface area contributed by atoms with Gasteiger partial charge in [-0.25, -0.2) is 0 Å². The number of rotatable bonds is 6. The molecule has 0 amide bonds. The first-order valence-electron chi connectivity index (χ1n) is 6.52. The van der Waals surface area contributed by atoms with Gasteiger partial charge >= 0.3 is 18.9 Å². The second-order valence-corrected chi connectivity index (χ2v) is 6.38. The van der Waals surface area contributed by atoms with Gasteiger partial charge < -0.3 is 9.47 Å². The summed E-state index contributed by atoms with van der Waals surface area (Å²) in [6, 6.07) is 15.7. The van der Waals surface area contributed by atoms with Crippen LogP contribution in [0, 0.1) is 0 Å². The average molecular weight is 298 g/mol. The predicted octanol–water partition coefficient (Wildman–Crippen LogP) is 0.529. The van der Waals surface area contributed by atoms with E-state index >= 15 is 0 Å². The van der Waals surface area contributed by atoms with Crippen LogP contribution in [0.25, 0.3) is 0 Å². The molecule has 0 saturated heterocycles. The molecule has 0 spiro atoms. The maximum absolute atomic E-state index is 10.4. The molecule has 106 valence electrons. The summed E-state index contributed by atoms with van der Waals surface area (Å²) in [6.07, 6.45) is 1.32. The zero-order chi connectivity index (χ0) is 14.4. The molecular weight excluding hydrogens is 278 g/mol. The molecular formula is C16H20LiO3P+2. The Morgan fingerprint density at radius 1 is 0.810 bits per heavy atom. The van der Waals surface area contributed by atoms with Gasteiger partial charge in [-0.15, -0.1) is 0 Å². The van der Waals surface area contributed by atoms with E-state index in [4.69, 9.17) is 9.47 Å². The molecule has 3 nitrogen and oxygen atoms in total. The van der Waals surface area contributed by atoms with E-state index in [2.05, 4.69) is 0 Å². The van der Waals surface area contributed by atoms with Crippen molar-refractivity contribution >= 4 is 8.15 Å². The molecule has 0 aliphatic carbocycles. The molecule has 2 aromatic carbocycles. The van der Waals surface area contributed by atoms with Crippen molar-refractivity contribution < 1.29 is 33.2 Å². The van der Waals surface area contributed by atoms with Gasteiger partial charge in [-0.2, -0.15) is 0 Å². The Labute approximate surface area is 139 Å². The summed E-state index contributed by atoms with van der Waals surface area (Å²) < 4.78 is 10.6. The van der Waals surface area contributed by atoms with Crippen LogP contribution in [-0.4, -0.2) is 19.1 Å². The number of ether oxygens (including phenoxy) is 2. The Morgan fingerprint density at radius 2 is 1.19 bits per heavy atom. The fraction of sp³-hybridized carbons (Fsp3) is 0.250. The quantitative estimate of drug-likeness (QED) is 0.624. The van der Waals surface area contributed by atoms with E-state index in [1.807, 2.05) is 48.5 Å². The Kier molecular flexibility index (Phi) is 7.86. The molecule has 0 unspecified atom stereocenters. The van der Waals surface area contributed by atoms with E-state index in [0.717, 1.165) is 22.6 Å². The summed E-state index contributed by atoms with van der Waals surface area (Å²) in [5.74, 6) is 1.67. The second kappa shape index (κ2) is 9.13. The van der Waals surface area contributed by atoms with E-state index in [0.29, 0.717) is 12.3 Å². The van der Waals surface area contributed by atoms with Gasteiger partial charge in [0.15, 0.2) is 0 Å². The molecule has 0 aliphatic heterocycles. The molecule has 0 radical (unpaired) electrons. The van der Waals surface area contributed by atoms with Crippen LogP contribution >= 0.6 is 8.15 Å². The van der Waals surface area contributed by atoms with E-state index in [9.17, 15) is 4.89 Å². The molecule has 21 heavy (non-hydrogen) atoms. The molecule has 1 N–H and O–H groups in total. The fourth-order valence-electron chi connectivity index (χ4n) is 2.20. The summed E-state index contributed by atoms with van der Waals surface area (Å²) in [4.78, 5) is 10.4. The molecule has 5 heteroatoms. The van der Waals surface area contributed by atoms with Crippen molar-refractivity contribution in [3.63, 3.8) is 0 Å². The van der Waals surface area contributed by atoms with Crippen LogP contribution in [-0.2, 0) is 12.3 Å². The van der Waals surface area contributed by atoms with Crippen molar-refractivity contribution in [3.05, 3.63) is 59.7 Å². The van der Waals surface area contributed by atoms with Gasteiger partial charge in [0, 0.05) is 11.1 Å². The first-order valence-corrected chi connectivity index (χ1v) is 8.38. The summed E-state index contributed by atoms with van der Waals surface area (Å²) in [5, 5.41) is 0. The number of methoxy groups -OCH3 is 2. The predicted molar refractivity (Wildman–Crippen MR) is 83.9 cm³/mol. The Morgan fingerprint density at radius 3 is 1.57 bits per heavy atom. The maximum Gasteiger partial charge on any atom is 1.00 e. The minimum atomic E-state index is -1.52. The van der Waals surface area contributed by atoms with Gasteiger partial charge in [0.25, 0.3) is 0 Å². The van der Waals surface area contributed by atoms with Crippen molar-refractivity contribution in [2.24, 2.45) is 0 Å². The van der Waals surface area contributed by atoms with Crippen LogP contribution in [0.5, 0.6) is 11.5 Å². The fourth-order valence-corrected chi connectivity index (χ4v) is 3.79. The topological polar surface area (TPSA) is 38.7 Å². The number of para-hydroxylation sites is 2. The summed E-state index contributed by atoms with van der Waals surface area (Å²) >= 11 is 0. The van der Waals surface area contributed by atoms with Crippen LogP contribution in [0.4, 0.5) is 0 Å². The van der Waals surface area contributed by atoms with Gasteiger partial charge in [0.05, 0.1) is 14.2 Å². The average Bonchev–Trinajstić information content (AvgIpc) is 2.48. The van der Waals surface area contributed by atoms with Gasteiger partial charge in [-0.1, -0.05) is 36.4 Å². The minimum Gasteiger partial charge on any atom is -0.496 e. The van der Waals surface area contributed by atoms with Gasteiger partial charge in [-0.3, -0.25) is 4.89 Å². The van der Waals surface area contributed by atoms with Crippen LogP contribution < -0.4 is 28.3 Å². The number of hydrogen-bond donors (Lipinski definition) is 1. The summed E-state index contributed by atoms with van der Waals surface area (Å²) in [7, 11) is 1.79. The Bertz CT molecular complexity index is 513. The second-order valence-electron chi connectivity index (χ2n) is 4.54. The van der Waals surface area contributed by atoms with E-state index in [1.54, 1.807) is 14.2 Å². The largest absolute Gasteiger partial charge is 1.00 e. The van der Waals surface area contributed by atoms with Crippen molar-refractivity contribution in [2.75, 3.05) is 14.2 Å². The van der Waals surface area contributed by atoms with E-state index in [-0.39, 0.29) is 18.9 Å². The third kappa shape index (κ3) is 5.06. The first-order chi connectivity index (χ1) is 9.74. The Hall–Kier alpha value is -0.973. The van der Waals surface area contributed by atoms with E-state index < -0.39 is 8.15 Å². The van der Waals surface area contributed by atoms with Crippen LogP contribution in [0.1, 0.15) is 11.1 Å². The van der Waals surface area contributed by atoms with Gasteiger partial charge in [-0.05, 0) is 12.1 Å². The molecule has 0 aliphatic rings. The minimum absolute atomic E-state index is 0. The van der Waals surface area contributed by atoms with Gasteiger partial charge in [0.2, 0.25) is 0 Å². The van der Waals surface area contributed by atoms with Crippen molar-refractivity contribution in [1.82, 2.24) is 0 Å². The SMILES string of the molecule is COc1ccccc1C[PH+](O)Cc1ccccc1OC.[Li+]. The molecule has 0 fully saturated rings.